The first-order valence-electron chi connectivity index (χ1n) is 7.47. The monoisotopic (exact) mass is 316 g/mol. The first-order chi connectivity index (χ1) is 9.58. The predicted octanol–water partition coefficient (Wildman–Crippen LogP) is 3.10. The first-order valence-corrected chi connectivity index (χ1v) is 8.23. The van der Waals surface area contributed by atoms with Gasteiger partial charge in [-0.2, -0.15) is 0 Å². The molecule has 0 saturated heterocycles. The molecule has 3 rings (SSSR count). The lowest BCUT2D eigenvalue weighted by molar-refractivity contribution is -0.0333. The van der Waals surface area contributed by atoms with Gasteiger partial charge in [0.1, 0.15) is 0 Å². The van der Waals surface area contributed by atoms with E-state index < -0.39 is 9.75 Å². The average molecular weight is 317 g/mol. The maximum Gasteiger partial charge on any atom is 0.0745 e. The van der Waals surface area contributed by atoms with E-state index in [9.17, 15) is 10.2 Å². The average Bonchev–Trinajstić information content (AvgIpc) is 2.52. The van der Waals surface area contributed by atoms with Crippen LogP contribution in [0.3, 0.4) is 0 Å². The smallest absolute Gasteiger partial charge is 0.0745 e. The summed E-state index contributed by atoms with van der Waals surface area (Å²) in [5.41, 5.74) is 0. The van der Waals surface area contributed by atoms with Crippen molar-refractivity contribution < 1.29 is 10.2 Å². The van der Waals surface area contributed by atoms with Gasteiger partial charge in [0.25, 0.3) is 0 Å². The molecule has 4 heteroatoms. The van der Waals surface area contributed by atoms with Crippen LogP contribution in [-0.2, 0) is 0 Å². The van der Waals surface area contributed by atoms with Gasteiger partial charge in [0.15, 0.2) is 0 Å². The summed E-state index contributed by atoms with van der Waals surface area (Å²) in [5.74, 6) is 0.543. The Morgan fingerprint density at radius 1 is 0.700 bits per heavy atom. The van der Waals surface area contributed by atoms with Crippen molar-refractivity contribution in [3.05, 3.63) is 24.3 Å². The fourth-order valence-corrected chi connectivity index (χ4v) is 5.73. The van der Waals surface area contributed by atoms with Crippen molar-refractivity contribution in [2.75, 3.05) is 13.2 Å². The third-order valence-electron chi connectivity index (χ3n) is 5.82. The van der Waals surface area contributed by atoms with Crippen LogP contribution in [0, 0.1) is 23.7 Å². The number of hydrogen-bond donors (Lipinski definition) is 2. The highest BCUT2D eigenvalue weighted by Gasteiger charge is 2.63. The lowest BCUT2D eigenvalue weighted by Gasteiger charge is -2.60. The molecule has 0 spiro atoms. The first kappa shape index (κ1) is 14.9. The Morgan fingerprint density at radius 3 is 1.15 bits per heavy atom. The summed E-state index contributed by atoms with van der Waals surface area (Å²) in [6, 6.07) is 0. The Morgan fingerprint density at radius 2 is 0.950 bits per heavy atom. The molecule has 0 aromatic carbocycles. The second-order valence-corrected chi connectivity index (χ2v) is 7.89. The van der Waals surface area contributed by atoms with Gasteiger partial charge in [-0.3, -0.25) is 0 Å². The van der Waals surface area contributed by atoms with Crippen molar-refractivity contribution >= 4 is 23.2 Å². The van der Waals surface area contributed by atoms with Crippen LogP contribution < -0.4 is 0 Å². The van der Waals surface area contributed by atoms with Crippen LogP contribution in [0.1, 0.15) is 25.7 Å². The molecule has 0 amide bonds. The number of rotatable bonds is 2. The maximum atomic E-state index is 9.99. The third kappa shape index (κ3) is 1.92. The number of allylic oxidation sites excluding steroid dienone is 4. The second-order valence-electron chi connectivity index (χ2n) is 6.48. The minimum absolute atomic E-state index is 0.0169. The van der Waals surface area contributed by atoms with Crippen LogP contribution >= 0.6 is 23.2 Å². The molecule has 0 bridgehead atoms. The zero-order valence-corrected chi connectivity index (χ0v) is 13.0. The van der Waals surface area contributed by atoms with Crippen molar-refractivity contribution in [1.82, 2.24) is 0 Å². The largest absolute Gasteiger partial charge is 0.395 e. The molecule has 1 fully saturated rings. The summed E-state index contributed by atoms with van der Waals surface area (Å²) in [7, 11) is 0. The van der Waals surface area contributed by atoms with Gasteiger partial charge < -0.3 is 10.2 Å². The summed E-state index contributed by atoms with van der Waals surface area (Å²) in [6.07, 6.45) is 11.9. The van der Waals surface area contributed by atoms with E-state index in [1.54, 1.807) is 0 Å². The van der Waals surface area contributed by atoms with E-state index in [1.165, 1.54) is 0 Å². The van der Waals surface area contributed by atoms with Crippen molar-refractivity contribution in [3.8, 4) is 0 Å². The topological polar surface area (TPSA) is 40.5 Å². The predicted molar refractivity (Wildman–Crippen MR) is 82.0 cm³/mol. The van der Waals surface area contributed by atoms with Crippen molar-refractivity contribution in [3.63, 3.8) is 0 Å². The summed E-state index contributed by atoms with van der Waals surface area (Å²) in [4.78, 5) is -1.23. The maximum absolute atomic E-state index is 9.99. The molecule has 2 N–H and O–H groups in total. The minimum atomic E-state index is -0.613. The Balaban J connectivity index is 2.08. The molecule has 1 saturated carbocycles. The molecule has 2 nitrogen and oxygen atoms in total. The Bertz CT molecular complexity index is 364. The van der Waals surface area contributed by atoms with Gasteiger partial charge in [-0.25, -0.2) is 0 Å². The van der Waals surface area contributed by atoms with E-state index in [0.29, 0.717) is 0 Å². The Hall–Kier alpha value is -0.0200. The van der Waals surface area contributed by atoms with Crippen LogP contribution in [-0.4, -0.2) is 33.2 Å². The van der Waals surface area contributed by atoms with Gasteiger partial charge in [-0.05, 0) is 49.4 Å². The Labute approximate surface area is 130 Å². The van der Waals surface area contributed by atoms with Crippen molar-refractivity contribution in [2.24, 2.45) is 23.7 Å². The van der Waals surface area contributed by atoms with Crippen LogP contribution in [0.4, 0.5) is 0 Å². The van der Waals surface area contributed by atoms with Gasteiger partial charge in [0, 0.05) is 0 Å². The lowest BCUT2D eigenvalue weighted by Crippen LogP contribution is -2.65. The molecule has 0 aromatic heterocycles. The molecular formula is C16H22Cl2O2. The molecule has 3 aliphatic rings. The molecule has 2 unspecified atom stereocenters. The highest BCUT2D eigenvalue weighted by Crippen LogP contribution is 2.61. The molecule has 0 aliphatic heterocycles. The van der Waals surface area contributed by atoms with E-state index in [1.807, 2.05) is 0 Å². The van der Waals surface area contributed by atoms with Crippen molar-refractivity contribution in [2.45, 2.75) is 35.4 Å². The number of fused-ring (bicyclic) bond motifs is 2. The molecule has 0 aromatic rings. The molecule has 112 valence electrons. The normalized spacial score (nSPS) is 50.6. The number of alkyl halides is 2. The fraction of sp³-hybridized carbons (Fsp3) is 0.750. The quantitative estimate of drug-likeness (QED) is 0.607. The van der Waals surface area contributed by atoms with E-state index in [0.717, 1.165) is 25.7 Å². The van der Waals surface area contributed by atoms with E-state index in [2.05, 4.69) is 24.3 Å². The zero-order valence-electron chi connectivity index (χ0n) is 11.5. The number of aliphatic hydroxyl groups is 2. The van der Waals surface area contributed by atoms with Crippen molar-refractivity contribution in [1.29, 1.82) is 0 Å². The van der Waals surface area contributed by atoms with Crippen LogP contribution in [0.25, 0.3) is 0 Å². The molecule has 0 heterocycles. The standard InChI is InChI=1S/C16H22Cl2O2/c17-15(9-19)11-5-1-2-6-12(11)16(18,10-20)14-8-4-3-7-13(14)15/h1-4,11-14,19-20H,5-10H2/t11-,12-,13+,14+,15?,16?. The van der Waals surface area contributed by atoms with Gasteiger partial charge in [-0.15, -0.1) is 23.2 Å². The van der Waals surface area contributed by atoms with Gasteiger partial charge in [-0.1, -0.05) is 24.3 Å². The second kappa shape index (κ2) is 5.31. The van der Waals surface area contributed by atoms with Crippen LogP contribution in [0.5, 0.6) is 0 Å². The molecule has 0 radical (unpaired) electrons. The van der Waals surface area contributed by atoms with E-state index >= 15 is 0 Å². The van der Waals surface area contributed by atoms with Gasteiger partial charge in [0.2, 0.25) is 0 Å². The van der Waals surface area contributed by atoms with Crippen LogP contribution in [0.15, 0.2) is 24.3 Å². The minimum Gasteiger partial charge on any atom is -0.395 e. The third-order valence-corrected chi connectivity index (χ3v) is 7.18. The lowest BCUT2D eigenvalue weighted by atomic mass is 9.51. The van der Waals surface area contributed by atoms with Crippen LogP contribution in [0.2, 0.25) is 0 Å². The number of hydrogen-bond acceptors (Lipinski definition) is 2. The summed E-state index contributed by atoms with van der Waals surface area (Å²) in [6.45, 7) is -0.0338. The summed E-state index contributed by atoms with van der Waals surface area (Å²) in [5, 5.41) is 20.0. The highest BCUT2D eigenvalue weighted by molar-refractivity contribution is 6.27. The highest BCUT2D eigenvalue weighted by atomic mass is 35.5. The number of halogens is 2. The van der Waals surface area contributed by atoms with Gasteiger partial charge >= 0.3 is 0 Å². The van der Waals surface area contributed by atoms with E-state index in [-0.39, 0.29) is 36.9 Å². The summed E-state index contributed by atoms with van der Waals surface area (Å²) >= 11 is 13.9. The molecular weight excluding hydrogens is 295 g/mol. The number of aliphatic hydroxyl groups excluding tert-OH is 2. The SMILES string of the molecule is OCC1(Cl)[C@@H]2CC=CC[C@H]2C(Cl)(CO)[C@H]2CC=CC[C@@H]21. The fourth-order valence-electron chi connectivity index (χ4n) is 4.77. The summed E-state index contributed by atoms with van der Waals surface area (Å²) < 4.78 is 0. The van der Waals surface area contributed by atoms with E-state index in [4.69, 9.17) is 23.2 Å². The molecule has 20 heavy (non-hydrogen) atoms. The molecule has 3 aliphatic carbocycles. The van der Waals surface area contributed by atoms with Gasteiger partial charge in [0.05, 0.1) is 23.0 Å². The Kier molecular flexibility index (Phi) is 3.96. The zero-order chi connectivity index (χ0) is 14.4. The molecule has 6 atom stereocenters.